The lowest BCUT2D eigenvalue weighted by Gasteiger charge is -2.10. The summed E-state index contributed by atoms with van der Waals surface area (Å²) < 4.78 is 7.04. The van der Waals surface area contributed by atoms with Gasteiger partial charge in [0.15, 0.2) is 6.61 Å². The van der Waals surface area contributed by atoms with Crippen LogP contribution >= 0.6 is 31.9 Å². The van der Waals surface area contributed by atoms with Gasteiger partial charge in [0.05, 0.1) is 11.3 Å². The number of carbonyl (C=O) groups is 1. The van der Waals surface area contributed by atoms with E-state index in [0.29, 0.717) is 17.0 Å². The summed E-state index contributed by atoms with van der Waals surface area (Å²) in [4.78, 5) is 11.9. The first-order chi connectivity index (χ1) is 10.1. The van der Waals surface area contributed by atoms with Gasteiger partial charge in [0.2, 0.25) is 0 Å². The molecule has 0 bridgehead atoms. The number of para-hydroxylation sites is 1. The van der Waals surface area contributed by atoms with Gasteiger partial charge in [0.25, 0.3) is 5.91 Å². The average molecular weight is 410 g/mol. The van der Waals surface area contributed by atoms with Gasteiger partial charge in [0.1, 0.15) is 11.8 Å². The minimum Gasteiger partial charge on any atom is -0.482 e. The third kappa shape index (κ3) is 4.31. The van der Waals surface area contributed by atoms with Crippen LogP contribution in [0.1, 0.15) is 5.56 Å². The number of nitrogens with zero attached hydrogens (tertiary/aromatic N) is 1. The fourth-order valence-electron chi connectivity index (χ4n) is 1.61. The quantitative estimate of drug-likeness (QED) is 0.826. The molecule has 0 radical (unpaired) electrons. The molecule has 1 N–H and O–H groups in total. The second kappa shape index (κ2) is 7.25. The molecule has 0 fully saturated rings. The van der Waals surface area contributed by atoms with E-state index in [1.54, 1.807) is 30.3 Å². The van der Waals surface area contributed by atoms with Gasteiger partial charge >= 0.3 is 0 Å². The number of halogens is 2. The zero-order valence-electron chi connectivity index (χ0n) is 10.8. The summed E-state index contributed by atoms with van der Waals surface area (Å²) in [5, 5.41) is 11.7. The van der Waals surface area contributed by atoms with Crippen molar-refractivity contribution < 1.29 is 9.53 Å². The summed E-state index contributed by atoms with van der Waals surface area (Å²) >= 11 is 6.71. The first-order valence-electron chi connectivity index (χ1n) is 5.97. The monoisotopic (exact) mass is 408 g/mol. The Morgan fingerprint density at radius 3 is 2.71 bits per heavy atom. The number of nitriles is 1. The van der Waals surface area contributed by atoms with E-state index in [0.717, 1.165) is 8.95 Å². The van der Waals surface area contributed by atoms with Gasteiger partial charge in [0, 0.05) is 8.95 Å². The first kappa shape index (κ1) is 15.5. The summed E-state index contributed by atoms with van der Waals surface area (Å²) in [7, 11) is 0. The lowest BCUT2D eigenvalue weighted by Crippen LogP contribution is -2.20. The maximum atomic E-state index is 11.9. The maximum absolute atomic E-state index is 11.9. The van der Waals surface area contributed by atoms with Crippen molar-refractivity contribution in [2.75, 3.05) is 11.9 Å². The molecular weight excluding hydrogens is 400 g/mol. The van der Waals surface area contributed by atoms with Crippen molar-refractivity contribution in [2.24, 2.45) is 0 Å². The Labute approximate surface area is 139 Å². The van der Waals surface area contributed by atoms with Crippen LogP contribution in [0.15, 0.2) is 51.4 Å². The molecule has 0 aliphatic carbocycles. The van der Waals surface area contributed by atoms with E-state index < -0.39 is 0 Å². The first-order valence-corrected chi connectivity index (χ1v) is 7.55. The number of benzene rings is 2. The number of nitrogens with one attached hydrogen (secondary N) is 1. The third-order valence-electron chi connectivity index (χ3n) is 2.57. The zero-order chi connectivity index (χ0) is 15.2. The predicted octanol–water partition coefficient (Wildman–Crippen LogP) is 4.10. The number of amides is 1. The standard InChI is InChI=1S/C15H10Br2N2O2/c16-11-5-6-13(12(17)7-11)19-15(20)9-21-14-4-2-1-3-10(14)8-18/h1-7H,9H2,(H,19,20). The van der Waals surface area contributed by atoms with E-state index in [-0.39, 0.29) is 12.5 Å². The van der Waals surface area contributed by atoms with Crippen LogP contribution in [-0.4, -0.2) is 12.5 Å². The van der Waals surface area contributed by atoms with Gasteiger partial charge < -0.3 is 10.1 Å². The van der Waals surface area contributed by atoms with Crippen molar-refractivity contribution in [3.63, 3.8) is 0 Å². The van der Waals surface area contributed by atoms with E-state index >= 15 is 0 Å². The van der Waals surface area contributed by atoms with Crippen molar-refractivity contribution >= 4 is 43.5 Å². The molecule has 0 aliphatic rings. The molecule has 2 aromatic rings. The molecule has 0 spiro atoms. The second-order valence-corrected chi connectivity index (χ2v) is 5.84. The van der Waals surface area contributed by atoms with Gasteiger partial charge in [-0.1, -0.05) is 28.1 Å². The highest BCUT2D eigenvalue weighted by molar-refractivity contribution is 9.11. The molecule has 106 valence electrons. The van der Waals surface area contributed by atoms with Crippen LogP contribution in [0.25, 0.3) is 0 Å². The molecule has 0 saturated heterocycles. The molecule has 0 atom stereocenters. The summed E-state index contributed by atoms with van der Waals surface area (Å²) in [6.07, 6.45) is 0. The molecule has 1 amide bonds. The molecule has 2 rings (SSSR count). The van der Waals surface area contributed by atoms with E-state index in [1.807, 2.05) is 18.2 Å². The number of hydrogen-bond donors (Lipinski definition) is 1. The van der Waals surface area contributed by atoms with Crippen LogP contribution in [0, 0.1) is 11.3 Å². The van der Waals surface area contributed by atoms with Gasteiger partial charge in [-0.05, 0) is 46.3 Å². The SMILES string of the molecule is N#Cc1ccccc1OCC(=O)Nc1ccc(Br)cc1Br. The van der Waals surface area contributed by atoms with E-state index in [2.05, 4.69) is 37.2 Å². The molecule has 2 aromatic carbocycles. The van der Waals surface area contributed by atoms with Crippen molar-refractivity contribution in [2.45, 2.75) is 0 Å². The fourth-order valence-corrected chi connectivity index (χ4v) is 2.75. The number of ether oxygens (including phenoxy) is 1. The highest BCUT2D eigenvalue weighted by Crippen LogP contribution is 2.26. The number of hydrogen-bond acceptors (Lipinski definition) is 3. The molecule has 0 unspecified atom stereocenters. The Morgan fingerprint density at radius 2 is 2.00 bits per heavy atom. The predicted molar refractivity (Wildman–Crippen MR) is 87.1 cm³/mol. The topological polar surface area (TPSA) is 62.1 Å². The van der Waals surface area contributed by atoms with Crippen LogP contribution in [-0.2, 0) is 4.79 Å². The average Bonchev–Trinajstić information content (AvgIpc) is 2.48. The minimum atomic E-state index is -0.300. The molecule has 4 nitrogen and oxygen atoms in total. The van der Waals surface area contributed by atoms with Crippen LogP contribution in [0.5, 0.6) is 5.75 Å². The Morgan fingerprint density at radius 1 is 1.24 bits per heavy atom. The normalized spacial score (nSPS) is 9.76. The number of rotatable bonds is 4. The highest BCUT2D eigenvalue weighted by Gasteiger charge is 2.08. The highest BCUT2D eigenvalue weighted by atomic mass is 79.9. The van der Waals surface area contributed by atoms with E-state index in [4.69, 9.17) is 10.00 Å². The Balaban J connectivity index is 1.98. The Bertz CT molecular complexity index is 711. The molecule has 0 aliphatic heterocycles. The molecular formula is C15H10Br2N2O2. The van der Waals surface area contributed by atoms with Crippen molar-refractivity contribution in [1.29, 1.82) is 5.26 Å². The van der Waals surface area contributed by atoms with E-state index in [9.17, 15) is 4.79 Å². The van der Waals surface area contributed by atoms with Crippen LogP contribution in [0.3, 0.4) is 0 Å². The summed E-state index contributed by atoms with van der Waals surface area (Å²) in [5.41, 5.74) is 1.05. The van der Waals surface area contributed by atoms with Gasteiger partial charge in [-0.3, -0.25) is 4.79 Å². The molecule has 0 heterocycles. The molecule has 6 heteroatoms. The van der Waals surface area contributed by atoms with Crippen LogP contribution < -0.4 is 10.1 Å². The second-order valence-electron chi connectivity index (χ2n) is 4.07. The fraction of sp³-hybridized carbons (Fsp3) is 0.0667. The Hall–Kier alpha value is -1.84. The Kier molecular flexibility index (Phi) is 5.37. The van der Waals surface area contributed by atoms with E-state index in [1.165, 1.54) is 0 Å². The summed E-state index contributed by atoms with van der Waals surface area (Å²) in [5.74, 6) is 0.0933. The summed E-state index contributed by atoms with van der Waals surface area (Å²) in [6.45, 7) is -0.165. The van der Waals surface area contributed by atoms with Crippen molar-refractivity contribution in [3.8, 4) is 11.8 Å². The minimum absolute atomic E-state index is 0.165. The number of carbonyl (C=O) groups excluding carboxylic acids is 1. The molecule has 0 saturated carbocycles. The largest absolute Gasteiger partial charge is 0.482 e. The molecule has 0 aromatic heterocycles. The van der Waals surface area contributed by atoms with Gasteiger partial charge in [-0.2, -0.15) is 5.26 Å². The molecule has 21 heavy (non-hydrogen) atoms. The lowest BCUT2D eigenvalue weighted by molar-refractivity contribution is -0.118. The van der Waals surface area contributed by atoms with Crippen LogP contribution in [0.4, 0.5) is 5.69 Å². The van der Waals surface area contributed by atoms with Crippen LogP contribution in [0.2, 0.25) is 0 Å². The number of anilines is 1. The lowest BCUT2D eigenvalue weighted by atomic mass is 10.2. The summed E-state index contributed by atoms with van der Waals surface area (Å²) in [6, 6.07) is 14.2. The van der Waals surface area contributed by atoms with Gasteiger partial charge in [-0.15, -0.1) is 0 Å². The van der Waals surface area contributed by atoms with Crippen molar-refractivity contribution in [1.82, 2.24) is 0 Å². The van der Waals surface area contributed by atoms with Crippen molar-refractivity contribution in [3.05, 3.63) is 57.0 Å². The maximum Gasteiger partial charge on any atom is 0.262 e. The smallest absolute Gasteiger partial charge is 0.262 e. The van der Waals surface area contributed by atoms with Gasteiger partial charge in [-0.25, -0.2) is 0 Å². The zero-order valence-corrected chi connectivity index (χ0v) is 13.9. The third-order valence-corrected chi connectivity index (χ3v) is 3.72.